The van der Waals surface area contributed by atoms with Crippen molar-refractivity contribution in [1.29, 1.82) is 0 Å². The molecule has 0 saturated carbocycles. The van der Waals surface area contributed by atoms with Crippen LogP contribution in [0.2, 0.25) is 0 Å². The Balaban J connectivity index is 3.04. The van der Waals surface area contributed by atoms with Gasteiger partial charge in [-0.15, -0.1) is 0 Å². The Morgan fingerprint density at radius 1 is 0.213 bits per heavy atom. The Morgan fingerprint density at radius 3 is 0.468 bits per heavy atom. The molecule has 0 spiro atoms. The van der Waals surface area contributed by atoms with E-state index in [9.17, 15) is 0 Å². The van der Waals surface area contributed by atoms with E-state index in [2.05, 4.69) is 12.8 Å². The average molecular weight is 656 g/mol. The van der Waals surface area contributed by atoms with Crippen LogP contribution in [0.1, 0.15) is 289 Å². The highest BCUT2D eigenvalue weighted by molar-refractivity contribution is 4.74. The fourth-order valence-electron chi connectivity index (χ4n) is 7.53. The molecule has 0 aliphatic carbocycles. The second-order valence-corrected chi connectivity index (χ2v) is 15.8. The van der Waals surface area contributed by atoms with Gasteiger partial charge < -0.3 is 0 Å². The predicted molar refractivity (Wildman–Crippen MR) is 216 cm³/mol. The van der Waals surface area contributed by atoms with E-state index in [0.717, 1.165) is 6.42 Å². The zero-order valence-corrected chi connectivity index (χ0v) is 33.1. The summed E-state index contributed by atoms with van der Waals surface area (Å²) in [5.41, 5.74) is 0. The van der Waals surface area contributed by atoms with Gasteiger partial charge in [-0.2, -0.15) is 0 Å². The smallest absolute Gasteiger partial charge is 0.00989 e. The van der Waals surface area contributed by atoms with Gasteiger partial charge in [-0.05, 0) is 12.8 Å². The molecule has 0 aromatic rings. The van der Waals surface area contributed by atoms with Crippen LogP contribution in [0.4, 0.5) is 0 Å². The van der Waals surface area contributed by atoms with Gasteiger partial charge in [0, 0.05) is 6.42 Å². The highest BCUT2D eigenvalue weighted by atomic mass is 14.0. The number of rotatable bonds is 43. The molecule has 279 valence electrons. The summed E-state index contributed by atoms with van der Waals surface area (Å²) < 4.78 is 0. The summed E-state index contributed by atoms with van der Waals surface area (Å²) >= 11 is 0. The molecule has 0 aliphatic rings. The van der Waals surface area contributed by atoms with Crippen molar-refractivity contribution >= 4 is 0 Å². The van der Waals surface area contributed by atoms with Crippen LogP contribution in [0.25, 0.3) is 0 Å². The van der Waals surface area contributed by atoms with Gasteiger partial charge in [0.05, 0.1) is 0 Å². The fourth-order valence-corrected chi connectivity index (χ4v) is 7.53. The van der Waals surface area contributed by atoms with E-state index in [1.54, 1.807) is 0 Å². The van der Waals surface area contributed by atoms with E-state index < -0.39 is 0 Å². The zero-order chi connectivity index (χ0) is 33.8. The largest absolute Gasteiger partial charge is 0.0891 e. The zero-order valence-electron chi connectivity index (χ0n) is 33.1. The molecule has 0 heteroatoms. The Kier molecular flexibility index (Phi) is 45.1. The first-order valence-electron chi connectivity index (χ1n) is 22.8. The minimum atomic E-state index is 0.861. The van der Waals surface area contributed by atoms with E-state index in [0.29, 0.717) is 0 Å². The molecule has 0 N–H and O–H groups in total. The lowest BCUT2D eigenvalue weighted by Crippen LogP contribution is -1.85. The lowest BCUT2D eigenvalue weighted by Gasteiger charge is -2.05. The van der Waals surface area contributed by atoms with Crippen molar-refractivity contribution in [2.75, 3.05) is 0 Å². The van der Waals surface area contributed by atoms with Gasteiger partial charge in [-0.25, -0.2) is 0 Å². The van der Waals surface area contributed by atoms with Gasteiger partial charge in [0.1, 0.15) is 0 Å². The van der Waals surface area contributed by atoms with Crippen LogP contribution in [0, 0.1) is 12.3 Å². The maximum atomic E-state index is 6.93. The summed E-state index contributed by atoms with van der Waals surface area (Å²) in [6.45, 7) is 2.31. The molecule has 0 saturated heterocycles. The SMILES string of the molecule is [C]#CCCCCCCCCCCCCCCCCCCCCCCCCCCCCCCCCCCCCCCCCCCCCC. The molecule has 0 amide bonds. The van der Waals surface area contributed by atoms with E-state index in [1.165, 1.54) is 276 Å². The quantitative estimate of drug-likeness (QED) is 0.0453. The molecular formula is C47H91. The monoisotopic (exact) mass is 656 g/mol. The summed E-state index contributed by atoms with van der Waals surface area (Å²) in [7, 11) is 0. The summed E-state index contributed by atoms with van der Waals surface area (Å²) in [5.74, 6) is 2.50. The molecule has 47 heavy (non-hydrogen) atoms. The maximum absolute atomic E-state index is 6.93. The molecule has 0 atom stereocenters. The minimum absolute atomic E-state index is 0.861. The van der Waals surface area contributed by atoms with Gasteiger partial charge in [0.2, 0.25) is 0 Å². The highest BCUT2D eigenvalue weighted by Crippen LogP contribution is 2.18. The highest BCUT2D eigenvalue weighted by Gasteiger charge is 1.98. The van der Waals surface area contributed by atoms with Crippen molar-refractivity contribution in [2.24, 2.45) is 0 Å². The van der Waals surface area contributed by atoms with Crippen molar-refractivity contribution < 1.29 is 0 Å². The third-order valence-electron chi connectivity index (χ3n) is 10.9. The molecule has 0 aliphatic heterocycles. The first-order valence-corrected chi connectivity index (χ1v) is 22.8. The molecular weight excluding hydrogens is 565 g/mol. The normalized spacial score (nSPS) is 11.4. The predicted octanol–water partition coefficient (Wildman–Crippen LogP) is 17.8. The molecule has 0 heterocycles. The van der Waals surface area contributed by atoms with E-state index in [-0.39, 0.29) is 0 Å². The van der Waals surface area contributed by atoms with Crippen LogP contribution >= 0.6 is 0 Å². The van der Waals surface area contributed by atoms with Crippen molar-refractivity contribution in [1.82, 2.24) is 0 Å². The summed E-state index contributed by atoms with van der Waals surface area (Å²) in [6, 6.07) is 0. The van der Waals surface area contributed by atoms with E-state index >= 15 is 0 Å². The summed E-state index contributed by atoms with van der Waals surface area (Å²) in [5, 5.41) is 0. The molecule has 1 radical (unpaired) electrons. The Labute approximate surface area is 301 Å². The van der Waals surface area contributed by atoms with Crippen molar-refractivity contribution in [3.63, 3.8) is 0 Å². The van der Waals surface area contributed by atoms with Crippen LogP contribution < -0.4 is 0 Å². The van der Waals surface area contributed by atoms with E-state index in [4.69, 9.17) is 6.42 Å². The minimum Gasteiger partial charge on any atom is -0.0891 e. The van der Waals surface area contributed by atoms with Crippen LogP contribution in [0.15, 0.2) is 0 Å². The fraction of sp³-hybridized carbons (Fsp3) is 0.957. The van der Waals surface area contributed by atoms with E-state index in [1.807, 2.05) is 0 Å². The third kappa shape index (κ3) is 45.6. The summed E-state index contributed by atoms with van der Waals surface area (Å²) in [4.78, 5) is 0. The molecule has 0 unspecified atom stereocenters. The first-order chi connectivity index (χ1) is 23.4. The first kappa shape index (κ1) is 46.6. The lowest BCUT2D eigenvalue weighted by molar-refractivity contribution is 0.509. The van der Waals surface area contributed by atoms with Gasteiger partial charge in [0.25, 0.3) is 0 Å². The van der Waals surface area contributed by atoms with Crippen LogP contribution in [-0.4, -0.2) is 0 Å². The van der Waals surface area contributed by atoms with Crippen molar-refractivity contribution in [3.05, 3.63) is 6.42 Å². The summed E-state index contributed by atoms with van der Waals surface area (Å²) in [6.07, 6.45) is 70.7. The Morgan fingerprint density at radius 2 is 0.340 bits per heavy atom. The lowest BCUT2D eigenvalue weighted by atomic mass is 10.0. The van der Waals surface area contributed by atoms with Crippen LogP contribution in [-0.2, 0) is 0 Å². The topological polar surface area (TPSA) is 0 Å². The second-order valence-electron chi connectivity index (χ2n) is 15.8. The number of hydrogen-bond donors (Lipinski definition) is 0. The molecule has 0 aromatic heterocycles. The number of hydrogen-bond acceptors (Lipinski definition) is 0. The van der Waals surface area contributed by atoms with Crippen LogP contribution in [0.3, 0.4) is 0 Å². The molecule has 0 nitrogen and oxygen atoms in total. The van der Waals surface area contributed by atoms with Gasteiger partial charge >= 0.3 is 0 Å². The van der Waals surface area contributed by atoms with Gasteiger partial charge in [-0.1, -0.05) is 283 Å². The van der Waals surface area contributed by atoms with Crippen LogP contribution in [0.5, 0.6) is 0 Å². The maximum Gasteiger partial charge on any atom is 0.00989 e. The molecule has 0 fully saturated rings. The standard InChI is InChI=1S/C47H91/c1-3-5-7-9-11-13-15-17-19-21-23-25-27-29-31-33-35-37-39-41-43-45-47-46-44-42-40-38-36-34-32-30-28-26-24-22-20-18-16-14-12-10-8-6-4-2/h3,5-47H2,1H3. The van der Waals surface area contributed by atoms with Crippen molar-refractivity contribution in [2.45, 2.75) is 289 Å². The Bertz CT molecular complexity index is 555. The Hall–Kier alpha value is -0.440. The van der Waals surface area contributed by atoms with Gasteiger partial charge in [-0.3, -0.25) is 0 Å². The molecule has 0 rings (SSSR count). The average Bonchev–Trinajstić information content (AvgIpc) is 3.08. The van der Waals surface area contributed by atoms with Gasteiger partial charge in [0.15, 0.2) is 0 Å². The second kappa shape index (κ2) is 45.6. The van der Waals surface area contributed by atoms with Crippen molar-refractivity contribution in [3.8, 4) is 5.92 Å². The number of unbranched alkanes of at least 4 members (excludes halogenated alkanes) is 43. The molecule has 0 bridgehead atoms. The molecule has 0 aromatic carbocycles. The third-order valence-corrected chi connectivity index (χ3v) is 10.9.